The highest BCUT2D eigenvalue weighted by Crippen LogP contribution is 2.29. The van der Waals surface area contributed by atoms with Crippen molar-refractivity contribution in [2.75, 3.05) is 6.54 Å². The van der Waals surface area contributed by atoms with Crippen LogP contribution in [0.25, 0.3) is 5.70 Å². The van der Waals surface area contributed by atoms with Gasteiger partial charge in [-0.2, -0.15) is 0 Å². The van der Waals surface area contributed by atoms with E-state index >= 15 is 0 Å². The summed E-state index contributed by atoms with van der Waals surface area (Å²) < 4.78 is 5.80. The fourth-order valence-corrected chi connectivity index (χ4v) is 2.79. The van der Waals surface area contributed by atoms with E-state index in [1.165, 1.54) is 10.6 Å². The van der Waals surface area contributed by atoms with Gasteiger partial charge in [0.05, 0.1) is 5.70 Å². The number of nitrogens with zero attached hydrogens (tertiary/aromatic N) is 1. The van der Waals surface area contributed by atoms with Crippen molar-refractivity contribution in [2.24, 2.45) is 0 Å². The van der Waals surface area contributed by atoms with Crippen molar-refractivity contribution in [3.8, 4) is 5.75 Å². The molecule has 0 spiro atoms. The Kier molecular flexibility index (Phi) is 4.45. The molecule has 1 aliphatic heterocycles. The highest BCUT2D eigenvalue weighted by molar-refractivity contribution is 5.67. The number of hydrogen-bond acceptors (Lipinski definition) is 3. The molecular weight excluding hydrogens is 274 g/mol. The molecule has 0 aliphatic carbocycles. The quantitative estimate of drug-likeness (QED) is 0.902. The molecule has 0 bridgehead atoms. The lowest BCUT2D eigenvalue weighted by atomic mass is 10.00. The van der Waals surface area contributed by atoms with Crippen molar-refractivity contribution in [1.29, 1.82) is 0 Å². The number of ether oxygens (including phenoxy) is 1. The Hall–Kier alpha value is -2.26. The number of benzene rings is 2. The van der Waals surface area contributed by atoms with Gasteiger partial charge in [-0.25, -0.2) is 0 Å². The normalized spacial score (nSPS) is 15.1. The average molecular weight is 295 g/mol. The number of hydrogen-bond donors (Lipinski definition) is 1. The van der Waals surface area contributed by atoms with Crippen molar-refractivity contribution in [2.45, 2.75) is 26.4 Å². The molecule has 0 saturated carbocycles. The van der Waals surface area contributed by atoms with Gasteiger partial charge >= 0.3 is 0 Å². The van der Waals surface area contributed by atoms with Crippen molar-refractivity contribution in [3.63, 3.8) is 0 Å². The van der Waals surface area contributed by atoms with Crippen LogP contribution >= 0.6 is 0 Å². The van der Waals surface area contributed by atoms with Crippen molar-refractivity contribution in [3.05, 3.63) is 71.3 Å². The first-order valence-electron chi connectivity index (χ1n) is 7.67. The summed E-state index contributed by atoms with van der Waals surface area (Å²) in [5, 5.41) is 11.4. The average Bonchev–Trinajstić information content (AvgIpc) is 2.55. The lowest BCUT2D eigenvalue weighted by Gasteiger charge is -2.27. The maximum Gasteiger partial charge on any atom is 0.119 e. The van der Waals surface area contributed by atoms with Crippen LogP contribution in [0.5, 0.6) is 5.75 Å². The van der Waals surface area contributed by atoms with Gasteiger partial charge in [0, 0.05) is 12.1 Å². The number of rotatable bonds is 4. The molecule has 1 N–H and O–H groups in total. The predicted molar refractivity (Wildman–Crippen MR) is 87.5 cm³/mol. The Bertz CT molecular complexity index is 647. The summed E-state index contributed by atoms with van der Waals surface area (Å²) in [7, 11) is 0. The molecule has 3 nitrogen and oxygen atoms in total. The molecule has 0 fully saturated rings. The molecule has 1 aliphatic rings. The molecule has 22 heavy (non-hydrogen) atoms. The molecule has 0 unspecified atom stereocenters. The fraction of sp³-hybridized carbons (Fsp3) is 0.263. The summed E-state index contributed by atoms with van der Waals surface area (Å²) in [6.45, 7) is 3.34. The van der Waals surface area contributed by atoms with Gasteiger partial charge in [-0.05, 0) is 55.2 Å². The number of hydroxylamine groups is 2. The third-order valence-electron chi connectivity index (χ3n) is 3.96. The highest BCUT2D eigenvalue weighted by atomic mass is 16.5. The molecule has 114 valence electrons. The predicted octanol–water partition coefficient (Wildman–Crippen LogP) is 4.48. The van der Waals surface area contributed by atoms with E-state index in [1.807, 2.05) is 54.6 Å². The van der Waals surface area contributed by atoms with E-state index < -0.39 is 0 Å². The Morgan fingerprint density at radius 2 is 1.77 bits per heavy atom. The first kappa shape index (κ1) is 14.7. The fourth-order valence-electron chi connectivity index (χ4n) is 2.79. The van der Waals surface area contributed by atoms with E-state index in [9.17, 15) is 5.21 Å². The van der Waals surface area contributed by atoms with Gasteiger partial charge in [0.1, 0.15) is 12.4 Å². The van der Waals surface area contributed by atoms with E-state index in [-0.39, 0.29) is 0 Å². The minimum Gasteiger partial charge on any atom is -0.489 e. The summed E-state index contributed by atoms with van der Waals surface area (Å²) in [4.78, 5) is 0. The van der Waals surface area contributed by atoms with Gasteiger partial charge in [-0.3, -0.25) is 10.3 Å². The molecule has 2 aromatic rings. The standard InChI is InChI=1S/C19H21NO2/c1-15-6-5-13-20(21)19(15)17-9-11-18(12-10-17)22-14-16-7-3-2-4-8-16/h2-4,7-12,21H,5-6,13-14H2,1H3. The van der Waals surface area contributed by atoms with Gasteiger partial charge in [0.2, 0.25) is 0 Å². The molecule has 0 amide bonds. The molecule has 2 aromatic carbocycles. The zero-order valence-electron chi connectivity index (χ0n) is 12.8. The van der Waals surface area contributed by atoms with Gasteiger partial charge < -0.3 is 4.74 Å². The minimum atomic E-state index is 0.564. The van der Waals surface area contributed by atoms with E-state index in [4.69, 9.17) is 4.74 Å². The van der Waals surface area contributed by atoms with Gasteiger partial charge in [-0.15, -0.1) is 0 Å². The lowest BCUT2D eigenvalue weighted by Crippen LogP contribution is -2.23. The largest absolute Gasteiger partial charge is 0.489 e. The van der Waals surface area contributed by atoms with Crippen LogP contribution in [-0.4, -0.2) is 16.8 Å². The summed E-state index contributed by atoms with van der Waals surface area (Å²) in [5.74, 6) is 0.839. The van der Waals surface area contributed by atoms with Crippen LogP contribution < -0.4 is 4.74 Å². The van der Waals surface area contributed by atoms with Crippen LogP contribution in [0.3, 0.4) is 0 Å². The first-order chi connectivity index (χ1) is 10.7. The summed E-state index contributed by atoms with van der Waals surface area (Å²) >= 11 is 0. The van der Waals surface area contributed by atoms with E-state index in [1.54, 1.807) is 0 Å². The zero-order chi connectivity index (χ0) is 15.4. The Labute approximate surface area is 131 Å². The van der Waals surface area contributed by atoms with Crippen LogP contribution in [0, 0.1) is 0 Å². The Balaban J connectivity index is 1.70. The lowest BCUT2D eigenvalue weighted by molar-refractivity contribution is -0.0326. The van der Waals surface area contributed by atoms with Crippen LogP contribution in [0.2, 0.25) is 0 Å². The van der Waals surface area contributed by atoms with Crippen molar-refractivity contribution < 1.29 is 9.94 Å². The zero-order valence-corrected chi connectivity index (χ0v) is 12.8. The second kappa shape index (κ2) is 6.67. The van der Waals surface area contributed by atoms with Crippen molar-refractivity contribution in [1.82, 2.24) is 5.06 Å². The van der Waals surface area contributed by atoms with E-state index in [0.717, 1.165) is 35.4 Å². The maximum absolute atomic E-state index is 10.1. The van der Waals surface area contributed by atoms with Crippen LogP contribution in [0.4, 0.5) is 0 Å². The molecule has 0 radical (unpaired) electrons. The molecule has 0 aromatic heterocycles. The van der Waals surface area contributed by atoms with Crippen LogP contribution in [0.1, 0.15) is 30.9 Å². The second-order valence-corrected chi connectivity index (χ2v) is 5.65. The van der Waals surface area contributed by atoms with E-state index in [0.29, 0.717) is 13.2 Å². The van der Waals surface area contributed by atoms with Crippen LogP contribution in [0.15, 0.2) is 60.2 Å². The first-order valence-corrected chi connectivity index (χ1v) is 7.67. The minimum absolute atomic E-state index is 0.564. The topological polar surface area (TPSA) is 32.7 Å². The Morgan fingerprint density at radius 1 is 1.05 bits per heavy atom. The summed E-state index contributed by atoms with van der Waals surface area (Å²) in [6, 6.07) is 18.1. The SMILES string of the molecule is CC1=C(c2ccc(OCc3ccccc3)cc2)N(O)CCC1. The monoisotopic (exact) mass is 295 g/mol. The number of allylic oxidation sites excluding steroid dienone is 1. The maximum atomic E-state index is 10.1. The third-order valence-corrected chi connectivity index (χ3v) is 3.96. The molecule has 0 atom stereocenters. The second-order valence-electron chi connectivity index (χ2n) is 5.65. The molecule has 3 rings (SSSR count). The highest BCUT2D eigenvalue weighted by Gasteiger charge is 2.17. The van der Waals surface area contributed by atoms with Gasteiger partial charge in [0.15, 0.2) is 0 Å². The van der Waals surface area contributed by atoms with Crippen molar-refractivity contribution >= 4 is 5.70 Å². The summed E-state index contributed by atoms with van der Waals surface area (Å²) in [5.41, 5.74) is 4.35. The van der Waals surface area contributed by atoms with Gasteiger partial charge in [0.25, 0.3) is 0 Å². The smallest absolute Gasteiger partial charge is 0.119 e. The Morgan fingerprint density at radius 3 is 2.45 bits per heavy atom. The molecule has 1 heterocycles. The van der Waals surface area contributed by atoms with Gasteiger partial charge in [-0.1, -0.05) is 30.3 Å². The van der Waals surface area contributed by atoms with Crippen LogP contribution in [-0.2, 0) is 6.61 Å². The summed E-state index contributed by atoms with van der Waals surface area (Å²) in [6.07, 6.45) is 2.04. The molecule has 3 heteroatoms. The van der Waals surface area contributed by atoms with E-state index in [2.05, 4.69) is 6.92 Å². The molecular formula is C19H21NO2. The molecule has 0 saturated heterocycles. The third kappa shape index (κ3) is 3.31.